The zero-order valence-electron chi connectivity index (χ0n) is 24.4. The van der Waals surface area contributed by atoms with E-state index in [9.17, 15) is 9.59 Å². The molecule has 4 fully saturated rings. The van der Waals surface area contributed by atoms with Gasteiger partial charge in [-0.15, -0.1) is 0 Å². The SMILES string of the molecule is CC(=O)O[C@@H]1[C@H](OC(C)=O)[C@@H](O[C@@H]2CO[C@@H](Sc3ccccc3)[C@@H]3OC(C)(C)O[C@H]32)O[C@@H]2CO[C@@H](c3ccccc3)O[C@@H]12. The topological polar surface area (TPSA) is 117 Å². The Morgan fingerprint density at radius 1 is 0.791 bits per heavy atom. The van der Waals surface area contributed by atoms with Gasteiger partial charge in [-0.05, 0) is 26.0 Å². The zero-order valence-corrected chi connectivity index (χ0v) is 25.2. The third-order valence-corrected chi connectivity index (χ3v) is 8.67. The minimum atomic E-state index is -1.14. The van der Waals surface area contributed by atoms with Crippen LogP contribution < -0.4 is 0 Å². The van der Waals surface area contributed by atoms with Crippen LogP contribution in [-0.4, -0.2) is 85.4 Å². The molecule has 10 atom stereocenters. The predicted octanol–water partition coefficient (Wildman–Crippen LogP) is 3.74. The molecule has 4 aliphatic rings. The molecule has 0 aromatic heterocycles. The van der Waals surface area contributed by atoms with Gasteiger partial charge in [-0.2, -0.15) is 0 Å². The molecule has 4 saturated heterocycles. The summed E-state index contributed by atoms with van der Waals surface area (Å²) in [5.41, 5.74) is 0.443. The number of benzene rings is 2. The normalized spacial score (nSPS) is 36.7. The molecule has 6 rings (SSSR count). The predicted molar refractivity (Wildman–Crippen MR) is 151 cm³/mol. The number of fused-ring (bicyclic) bond motifs is 2. The van der Waals surface area contributed by atoms with Crippen LogP contribution >= 0.6 is 11.8 Å². The minimum Gasteiger partial charge on any atom is -0.455 e. The molecule has 12 heteroatoms. The number of esters is 2. The van der Waals surface area contributed by atoms with Gasteiger partial charge in [0.15, 0.2) is 30.6 Å². The van der Waals surface area contributed by atoms with Crippen molar-refractivity contribution in [1.82, 2.24) is 0 Å². The van der Waals surface area contributed by atoms with Crippen LogP contribution in [0.2, 0.25) is 0 Å². The molecule has 0 N–H and O–H groups in total. The summed E-state index contributed by atoms with van der Waals surface area (Å²) in [5.74, 6) is -2.04. The maximum absolute atomic E-state index is 12.3. The van der Waals surface area contributed by atoms with Crippen LogP contribution in [0.4, 0.5) is 0 Å². The Bertz CT molecular complexity index is 1260. The monoisotopic (exact) mass is 616 g/mol. The molecule has 2 aromatic rings. The Morgan fingerprint density at radius 3 is 2.14 bits per heavy atom. The standard InChI is InChI=1S/C31H36O11S/c1-17(32)36-25-23-21(15-34-28(40-23)19-11-7-5-8-12-19)38-29(26(25)37-18(2)33)39-22-16-35-30(43-20-13-9-6-10-14-20)27-24(22)41-31(3,4)42-27/h5-14,21-30H,15-16H2,1-4H3/t21-,22-,23-,24+,25+,26+,27-,28-,29-,30+/m1/s1. The van der Waals surface area contributed by atoms with E-state index in [1.165, 1.54) is 13.8 Å². The zero-order chi connectivity index (χ0) is 30.1. The smallest absolute Gasteiger partial charge is 0.303 e. The summed E-state index contributed by atoms with van der Waals surface area (Å²) in [6.07, 6.45) is -7.13. The van der Waals surface area contributed by atoms with Crippen LogP contribution in [0, 0.1) is 0 Å². The lowest BCUT2D eigenvalue weighted by Crippen LogP contribution is -2.65. The lowest BCUT2D eigenvalue weighted by Gasteiger charge is -2.49. The molecule has 0 spiro atoms. The van der Waals surface area contributed by atoms with Crippen LogP contribution in [0.25, 0.3) is 0 Å². The fraction of sp³-hybridized carbons (Fsp3) is 0.548. The Kier molecular flexibility index (Phi) is 9.09. The number of ether oxygens (including phenoxy) is 9. The second-order valence-corrected chi connectivity index (χ2v) is 12.4. The molecule has 232 valence electrons. The number of hydrogen-bond donors (Lipinski definition) is 0. The van der Waals surface area contributed by atoms with Gasteiger partial charge < -0.3 is 42.6 Å². The molecule has 0 unspecified atom stereocenters. The van der Waals surface area contributed by atoms with Crippen LogP contribution in [0.1, 0.15) is 39.5 Å². The van der Waals surface area contributed by atoms with Crippen molar-refractivity contribution in [2.24, 2.45) is 0 Å². The van der Waals surface area contributed by atoms with Crippen molar-refractivity contribution in [3.8, 4) is 0 Å². The van der Waals surface area contributed by atoms with Crippen molar-refractivity contribution in [2.75, 3.05) is 13.2 Å². The van der Waals surface area contributed by atoms with Gasteiger partial charge >= 0.3 is 11.9 Å². The van der Waals surface area contributed by atoms with E-state index in [1.807, 2.05) is 74.5 Å². The van der Waals surface area contributed by atoms with Gasteiger partial charge in [-0.3, -0.25) is 9.59 Å². The fourth-order valence-electron chi connectivity index (χ4n) is 5.80. The Morgan fingerprint density at radius 2 is 1.44 bits per heavy atom. The number of carbonyl (C=O) groups excluding carboxylic acids is 2. The summed E-state index contributed by atoms with van der Waals surface area (Å²) in [7, 11) is 0. The van der Waals surface area contributed by atoms with Crippen LogP contribution in [-0.2, 0) is 52.2 Å². The highest BCUT2D eigenvalue weighted by Gasteiger charge is 2.57. The first-order valence-electron chi connectivity index (χ1n) is 14.3. The van der Waals surface area contributed by atoms with Crippen molar-refractivity contribution in [1.29, 1.82) is 0 Å². The summed E-state index contributed by atoms with van der Waals surface area (Å²) in [4.78, 5) is 25.6. The van der Waals surface area contributed by atoms with Crippen molar-refractivity contribution < 1.29 is 52.2 Å². The van der Waals surface area contributed by atoms with E-state index in [-0.39, 0.29) is 18.6 Å². The number of hydrogen-bond acceptors (Lipinski definition) is 12. The lowest BCUT2D eigenvalue weighted by atomic mass is 9.96. The molecule has 0 amide bonds. The van der Waals surface area contributed by atoms with E-state index in [4.69, 9.17) is 42.6 Å². The summed E-state index contributed by atoms with van der Waals surface area (Å²) in [6, 6.07) is 19.3. The van der Waals surface area contributed by atoms with Gasteiger partial charge in [0.25, 0.3) is 0 Å². The number of carbonyl (C=O) groups is 2. The second-order valence-electron chi connectivity index (χ2n) is 11.2. The van der Waals surface area contributed by atoms with Crippen LogP contribution in [0.3, 0.4) is 0 Å². The van der Waals surface area contributed by atoms with Gasteiger partial charge in [-0.25, -0.2) is 0 Å². The molecule has 0 bridgehead atoms. The molecular formula is C31H36O11S. The minimum absolute atomic E-state index is 0.129. The van der Waals surface area contributed by atoms with Gasteiger partial charge in [0.1, 0.15) is 36.0 Å². The number of thioether (sulfide) groups is 1. The second kappa shape index (κ2) is 12.8. The molecule has 0 saturated carbocycles. The van der Waals surface area contributed by atoms with Gasteiger partial charge in [-0.1, -0.05) is 60.3 Å². The highest BCUT2D eigenvalue weighted by Crippen LogP contribution is 2.43. The first-order valence-corrected chi connectivity index (χ1v) is 15.2. The van der Waals surface area contributed by atoms with Gasteiger partial charge in [0.05, 0.1) is 13.2 Å². The average Bonchev–Trinajstić information content (AvgIpc) is 3.32. The molecule has 11 nitrogen and oxygen atoms in total. The van der Waals surface area contributed by atoms with Crippen molar-refractivity contribution in [3.05, 3.63) is 66.2 Å². The molecule has 0 radical (unpaired) electrons. The Balaban J connectivity index is 1.23. The summed E-state index contributed by atoms with van der Waals surface area (Å²) < 4.78 is 55.3. The van der Waals surface area contributed by atoms with E-state index in [0.717, 1.165) is 10.5 Å². The summed E-state index contributed by atoms with van der Waals surface area (Å²) in [5, 5.41) is 0. The van der Waals surface area contributed by atoms with Crippen molar-refractivity contribution in [3.63, 3.8) is 0 Å². The molecule has 0 aliphatic carbocycles. The third-order valence-electron chi connectivity index (χ3n) is 7.49. The van der Waals surface area contributed by atoms with E-state index < -0.39 is 73.0 Å². The summed E-state index contributed by atoms with van der Waals surface area (Å²) in [6.45, 7) is 6.53. The van der Waals surface area contributed by atoms with Crippen LogP contribution in [0.5, 0.6) is 0 Å². The van der Waals surface area contributed by atoms with E-state index in [0.29, 0.717) is 0 Å². The van der Waals surface area contributed by atoms with E-state index in [2.05, 4.69) is 0 Å². The maximum Gasteiger partial charge on any atom is 0.303 e. The largest absolute Gasteiger partial charge is 0.455 e. The highest BCUT2D eigenvalue weighted by molar-refractivity contribution is 7.99. The lowest BCUT2D eigenvalue weighted by molar-refractivity contribution is -0.372. The quantitative estimate of drug-likeness (QED) is 0.422. The molecule has 4 aliphatic heterocycles. The third kappa shape index (κ3) is 6.91. The number of rotatable bonds is 7. The average molecular weight is 617 g/mol. The fourth-order valence-corrected chi connectivity index (χ4v) is 6.87. The first-order chi connectivity index (χ1) is 20.7. The summed E-state index contributed by atoms with van der Waals surface area (Å²) >= 11 is 1.55. The first kappa shape index (κ1) is 30.5. The van der Waals surface area contributed by atoms with Crippen LogP contribution in [0.15, 0.2) is 65.6 Å². The molecular weight excluding hydrogens is 580 g/mol. The highest BCUT2D eigenvalue weighted by atomic mass is 32.2. The Hall–Kier alpha value is -2.55. The Labute approximate surface area is 254 Å². The van der Waals surface area contributed by atoms with E-state index in [1.54, 1.807) is 11.8 Å². The molecule has 2 aromatic carbocycles. The van der Waals surface area contributed by atoms with E-state index >= 15 is 0 Å². The van der Waals surface area contributed by atoms with Gasteiger partial charge in [0.2, 0.25) is 0 Å². The molecule has 43 heavy (non-hydrogen) atoms. The van der Waals surface area contributed by atoms with Crippen molar-refractivity contribution in [2.45, 2.75) is 99.1 Å². The van der Waals surface area contributed by atoms with Crippen molar-refractivity contribution >= 4 is 23.7 Å². The van der Waals surface area contributed by atoms with Gasteiger partial charge in [0, 0.05) is 24.3 Å². The molecule has 4 heterocycles. The maximum atomic E-state index is 12.3.